The van der Waals surface area contributed by atoms with E-state index in [1.807, 2.05) is 23.1 Å². The van der Waals surface area contributed by atoms with Gasteiger partial charge in [-0.05, 0) is 30.5 Å². The Morgan fingerprint density at radius 3 is 3.00 bits per heavy atom. The van der Waals surface area contributed by atoms with Crippen LogP contribution in [0.25, 0.3) is 11.3 Å². The first-order chi connectivity index (χ1) is 9.69. The van der Waals surface area contributed by atoms with Crippen molar-refractivity contribution in [1.29, 1.82) is 0 Å². The molecule has 20 heavy (non-hydrogen) atoms. The van der Waals surface area contributed by atoms with E-state index in [0.717, 1.165) is 36.2 Å². The number of hydrogen-bond acceptors (Lipinski definition) is 4. The van der Waals surface area contributed by atoms with Crippen LogP contribution in [0.4, 0.5) is 5.69 Å². The first-order valence-corrected chi connectivity index (χ1v) is 6.67. The summed E-state index contributed by atoms with van der Waals surface area (Å²) < 4.78 is 5.01. The summed E-state index contributed by atoms with van der Waals surface area (Å²) in [4.78, 5) is 13.4. The highest BCUT2D eigenvalue weighted by atomic mass is 16.5. The predicted octanol–water partition coefficient (Wildman–Crippen LogP) is 2.13. The van der Waals surface area contributed by atoms with E-state index in [0.29, 0.717) is 11.5 Å². The van der Waals surface area contributed by atoms with Crippen LogP contribution in [0.2, 0.25) is 0 Å². The Hall–Kier alpha value is -2.14. The average molecular weight is 272 g/mol. The number of carbonyl (C=O) groups excluding carboxylic acids is 1. The van der Waals surface area contributed by atoms with Crippen molar-refractivity contribution in [2.75, 3.05) is 11.4 Å². The van der Waals surface area contributed by atoms with Crippen molar-refractivity contribution >= 4 is 11.6 Å². The van der Waals surface area contributed by atoms with E-state index in [-0.39, 0.29) is 12.5 Å². The number of benzene rings is 1. The number of aryl methyl sites for hydroxylation is 1. The molecule has 0 radical (unpaired) electrons. The van der Waals surface area contributed by atoms with E-state index < -0.39 is 0 Å². The molecular formula is C15H16N2O3. The van der Waals surface area contributed by atoms with Crippen molar-refractivity contribution in [1.82, 2.24) is 5.16 Å². The molecule has 1 aromatic heterocycles. The molecule has 2 heterocycles. The lowest BCUT2D eigenvalue weighted by molar-refractivity contribution is -0.116. The average Bonchev–Trinajstić information content (AvgIpc) is 2.94. The van der Waals surface area contributed by atoms with Crippen molar-refractivity contribution < 1.29 is 14.4 Å². The fourth-order valence-electron chi connectivity index (χ4n) is 2.61. The van der Waals surface area contributed by atoms with Gasteiger partial charge in [-0.15, -0.1) is 0 Å². The number of aliphatic hydroxyl groups excluding tert-OH is 1. The van der Waals surface area contributed by atoms with Crippen molar-refractivity contribution in [3.63, 3.8) is 0 Å². The highest BCUT2D eigenvalue weighted by Crippen LogP contribution is 2.31. The van der Waals surface area contributed by atoms with Gasteiger partial charge < -0.3 is 14.5 Å². The molecule has 1 N–H and O–H groups in total. The van der Waals surface area contributed by atoms with Gasteiger partial charge in [-0.25, -0.2) is 0 Å². The highest BCUT2D eigenvalue weighted by molar-refractivity contribution is 5.93. The van der Waals surface area contributed by atoms with E-state index in [4.69, 9.17) is 9.63 Å². The second-order valence-electron chi connectivity index (χ2n) is 4.95. The van der Waals surface area contributed by atoms with Crippen LogP contribution in [-0.4, -0.2) is 22.7 Å². The Kier molecular flexibility index (Phi) is 3.28. The highest BCUT2D eigenvalue weighted by Gasteiger charge is 2.20. The molecule has 104 valence electrons. The van der Waals surface area contributed by atoms with Crippen LogP contribution in [0.3, 0.4) is 0 Å². The molecule has 0 bridgehead atoms. The summed E-state index contributed by atoms with van der Waals surface area (Å²) in [6.45, 7) is 2.21. The fourth-order valence-corrected chi connectivity index (χ4v) is 2.61. The Morgan fingerprint density at radius 1 is 1.45 bits per heavy atom. The van der Waals surface area contributed by atoms with Gasteiger partial charge in [-0.2, -0.15) is 0 Å². The number of aliphatic hydroxyl groups is 1. The molecule has 2 aromatic rings. The minimum absolute atomic E-state index is 0.0719. The maximum atomic E-state index is 11.6. The number of amides is 1. The van der Waals surface area contributed by atoms with Crippen molar-refractivity contribution in [3.05, 3.63) is 35.6 Å². The molecule has 1 aromatic carbocycles. The fraction of sp³-hybridized carbons (Fsp3) is 0.333. The Labute approximate surface area is 116 Å². The van der Waals surface area contributed by atoms with Gasteiger partial charge in [0.25, 0.3) is 0 Å². The van der Waals surface area contributed by atoms with Gasteiger partial charge in [-0.3, -0.25) is 4.79 Å². The smallest absolute Gasteiger partial charge is 0.223 e. The number of carbonyl (C=O) groups is 1. The number of aromatic nitrogens is 1. The largest absolute Gasteiger partial charge is 0.388 e. The van der Waals surface area contributed by atoms with Crippen LogP contribution in [-0.2, 0) is 17.8 Å². The van der Waals surface area contributed by atoms with Crippen molar-refractivity contribution in [2.45, 2.75) is 26.4 Å². The molecule has 0 saturated carbocycles. The minimum atomic E-state index is -0.157. The van der Waals surface area contributed by atoms with Gasteiger partial charge in [0.1, 0.15) is 12.3 Å². The van der Waals surface area contributed by atoms with Crippen LogP contribution in [0.1, 0.15) is 24.7 Å². The molecule has 0 atom stereocenters. The molecule has 0 saturated heterocycles. The molecule has 5 nitrogen and oxygen atoms in total. The number of nitrogens with zero attached hydrogens (tertiary/aromatic N) is 2. The number of rotatable bonds is 2. The second-order valence-corrected chi connectivity index (χ2v) is 4.95. The van der Waals surface area contributed by atoms with Gasteiger partial charge in [0.05, 0.1) is 0 Å². The zero-order valence-electron chi connectivity index (χ0n) is 11.3. The van der Waals surface area contributed by atoms with Gasteiger partial charge in [-0.1, -0.05) is 11.2 Å². The lowest BCUT2D eigenvalue weighted by Gasteiger charge is -2.28. The van der Waals surface area contributed by atoms with E-state index >= 15 is 0 Å². The Morgan fingerprint density at radius 2 is 2.30 bits per heavy atom. The molecule has 0 aliphatic carbocycles. The summed E-state index contributed by atoms with van der Waals surface area (Å²) in [7, 11) is 0. The lowest BCUT2D eigenvalue weighted by Crippen LogP contribution is -2.33. The topological polar surface area (TPSA) is 66.6 Å². The summed E-state index contributed by atoms with van der Waals surface area (Å²) in [6.07, 6.45) is 1.93. The molecule has 0 fully saturated rings. The Balaban J connectivity index is 1.98. The van der Waals surface area contributed by atoms with Crippen LogP contribution in [0.15, 0.2) is 28.8 Å². The maximum Gasteiger partial charge on any atom is 0.223 e. The van der Waals surface area contributed by atoms with Gasteiger partial charge >= 0.3 is 0 Å². The molecule has 1 aliphatic rings. The van der Waals surface area contributed by atoms with Gasteiger partial charge in [0.2, 0.25) is 5.91 Å². The van der Waals surface area contributed by atoms with Crippen LogP contribution >= 0.6 is 0 Å². The Bertz CT molecular complexity index is 648. The second kappa shape index (κ2) is 5.09. The first-order valence-electron chi connectivity index (χ1n) is 6.67. The number of hydrogen-bond donors (Lipinski definition) is 1. The third-order valence-electron chi connectivity index (χ3n) is 3.59. The third kappa shape index (κ3) is 2.20. The molecular weight excluding hydrogens is 256 g/mol. The van der Waals surface area contributed by atoms with Gasteiger partial charge in [0.15, 0.2) is 5.76 Å². The van der Waals surface area contributed by atoms with E-state index in [1.165, 1.54) is 0 Å². The summed E-state index contributed by atoms with van der Waals surface area (Å²) in [5, 5.41) is 13.0. The summed E-state index contributed by atoms with van der Waals surface area (Å²) in [5.74, 6) is 0.519. The molecule has 0 spiro atoms. The minimum Gasteiger partial charge on any atom is -0.388 e. The lowest BCUT2D eigenvalue weighted by atomic mass is 9.98. The van der Waals surface area contributed by atoms with Crippen molar-refractivity contribution in [2.24, 2.45) is 0 Å². The van der Waals surface area contributed by atoms with Crippen LogP contribution < -0.4 is 4.90 Å². The first kappa shape index (κ1) is 12.9. The molecule has 3 rings (SSSR count). The zero-order chi connectivity index (χ0) is 14.1. The van der Waals surface area contributed by atoms with E-state index in [9.17, 15) is 4.79 Å². The normalized spacial score (nSPS) is 14.2. The summed E-state index contributed by atoms with van der Waals surface area (Å²) in [5.41, 5.74) is 3.78. The quantitative estimate of drug-likeness (QED) is 0.909. The monoisotopic (exact) mass is 272 g/mol. The van der Waals surface area contributed by atoms with Gasteiger partial charge in [0, 0.05) is 30.8 Å². The van der Waals surface area contributed by atoms with E-state index in [1.54, 1.807) is 13.0 Å². The SMILES string of the molecule is CC(=O)N1CCCc2cc(-c3cc(CO)on3)ccc21. The molecule has 0 unspecified atom stereocenters. The molecule has 1 aliphatic heterocycles. The molecule has 5 heteroatoms. The zero-order valence-corrected chi connectivity index (χ0v) is 11.3. The number of fused-ring (bicyclic) bond motifs is 1. The van der Waals surface area contributed by atoms with Crippen LogP contribution in [0, 0.1) is 0 Å². The third-order valence-corrected chi connectivity index (χ3v) is 3.59. The van der Waals surface area contributed by atoms with Crippen molar-refractivity contribution in [3.8, 4) is 11.3 Å². The standard InChI is InChI=1S/C15H16N2O3/c1-10(19)17-6-2-3-12-7-11(4-5-15(12)17)14-8-13(9-18)20-16-14/h4-5,7-8,18H,2-3,6,9H2,1H3. The summed E-state index contributed by atoms with van der Waals surface area (Å²) in [6, 6.07) is 7.66. The maximum absolute atomic E-state index is 11.6. The molecule has 1 amide bonds. The van der Waals surface area contributed by atoms with Crippen LogP contribution in [0.5, 0.6) is 0 Å². The summed E-state index contributed by atoms with van der Waals surface area (Å²) >= 11 is 0. The number of anilines is 1. The van der Waals surface area contributed by atoms with E-state index in [2.05, 4.69) is 5.16 Å². The predicted molar refractivity (Wildman–Crippen MR) is 74.2 cm³/mol.